The van der Waals surface area contributed by atoms with E-state index in [-0.39, 0.29) is 11.9 Å². The molecular formula is C21H33N3O4. The van der Waals surface area contributed by atoms with Crippen molar-refractivity contribution in [1.82, 2.24) is 4.90 Å². The van der Waals surface area contributed by atoms with Gasteiger partial charge in [-0.1, -0.05) is 0 Å². The predicted octanol–water partition coefficient (Wildman–Crippen LogP) is 2.74. The number of amides is 1. The third-order valence-corrected chi connectivity index (χ3v) is 5.34. The molecule has 1 amide bonds. The van der Waals surface area contributed by atoms with Crippen LogP contribution in [0.15, 0.2) is 12.1 Å². The minimum absolute atomic E-state index is 0.00979. The molecule has 2 aliphatic heterocycles. The summed E-state index contributed by atoms with van der Waals surface area (Å²) < 4.78 is 17.2. The van der Waals surface area contributed by atoms with Crippen LogP contribution in [-0.4, -0.2) is 69.5 Å². The zero-order valence-corrected chi connectivity index (χ0v) is 17.3. The van der Waals surface area contributed by atoms with Crippen LogP contribution in [0.4, 0.5) is 11.4 Å². The molecule has 0 unspecified atom stereocenters. The Morgan fingerprint density at radius 2 is 1.71 bits per heavy atom. The number of hydrogen-bond acceptors (Lipinski definition) is 6. The van der Waals surface area contributed by atoms with Gasteiger partial charge in [0, 0.05) is 25.2 Å². The lowest BCUT2D eigenvalue weighted by Gasteiger charge is -2.31. The van der Waals surface area contributed by atoms with E-state index >= 15 is 0 Å². The van der Waals surface area contributed by atoms with Gasteiger partial charge in [0.2, 0.25) is 5.91 Å². The van der Waals surface area contributed by atoms with E-state index in [1.165, 1.54) is 0 Å². The first kappa shape index (κ1) is 20.7. The van der Waals surface area contributed by atoms with E-state index in [1.807, 2.05) is 32.9 Å². The van der Waals surface area contributed by atoms with E-state index in [0.29, 0.717) is 37.9 Å². The Morgan fingerprint density at radius 3 is 2.36 bits per heavy atom. The molecule has 2 fully saturated rings. The number of benzene rings is 1. The molecular weight excluding hydrogens is 358 g/mol. The van der Waals surface area contributed by atoms with Crippen molar-refractivity contribution in [2.24, 2.45) is 0 Å². The molecule has 0 aliphatic carbocycles. The number of ether oxygens (including phenoxy) is 3. The molecule has 7 heteroatoms. The number of anilines is 2. The zero-order chi connectivity index (χ0) is 19.9. The van der Waals surface area contributed by atoms with E-state index in [2.05, 4.69) is 15.1 Å². The summed E-state index contributed by atoms with van der Waals surface area (Å²) in [6, 6.07) is 3.72. The third-order valence-electron chi connectivity index (χ3n) is 5.34. The smallest absolute Gasteiger partial charge is 0.241 e. The van der Waals surface area contributed by atoms with E-state index in [9.17, 15) is 4.79 Å². The van der Waals surface area contributed by atoms with Crippen molar-refractivity contribution in [3.8, 4) is 11.5 Å². The van der Waals surface area contributed by atoms with E-state index in [4.69, 9.17) is 14.2 Å². The largest absolute Gasteiger partial charge is 0.492 e. The topological polar surface area (TPSA) is 63.3 Å². The summed E-state index contributed by atoms with van der Waals surface area (Å²) in [5.74, 6) is 1.43. The monoisotopic (exact) mass is 391 g/mol. The highest BCUT2D eigenvalue weighted by atomic mass is 16.5. The summed E-state index contributed by atoms with van der Waals surface area (Å²) in [5.41, 5.74) is 1.65. The molecule has 28 heavy (non-hydrogen) atoms. The van der Waals surface area contributed by atoms with Crippen molar-refractivity contribution in [3.05, 3.63) is 12.1 Å². The first-order valence-electron chi connectivity index (χ1n) is 10.4. The molecule has 2 aliphatic rings. The number of carbonyl (C=O) groups is 1. The molecule has 3 rings (SSSR count). The first-order valence-corrected chi connectivity index (χ1v) is 10.4. The van der Waals surface area contributed by atoms with E-state index in [0.717, 1.165) is 50.5 Å². The Balaban J connectivity index is 1.85. The summed E-state index contributed by atoms with van der Waals surface area (Å²) in [6.07, 6.45) is 2.31. The van der Waals surface area contributed by atoms with Crippen LogP contribution in [0.5, 0.6) is 11.5 Å². The fourth-order valence-corrected chi connectivity index (χ4v) is 3.78. The van der Waals surface area contributed by atoms with Crippen LogP contribution in [-0.2, 0) is 9.53 Å². The average molecular weight is 392 g/mol. The second-order valence-corrected chi connectivity index (χ2v) is 7.19. The van der Waals surface area contributed by atoms with Crippen LogP contribution < -0.4 is 19.7 Å². The minimum Gasteiger partial charge on any atom is -0.492 e. The number of morpholine rings is 1. The van der Waals surface area contributed by atoms with Gasteiger partial charge in [-0.3, -0.25) is 9.69 Å². The average Bonchev–Trinajstić information content (AvgIpc) is 3.25. The Kier molecular flexibility index (Phi) is 7.39. The second-order valence-electron chi connectivity index (χ2n) is 7.19. The number of nitrogens with one attached hydrogen (secondary N) is 1. The van der Waals surface area contributed by atoms with Crippen molar-refractivity contribution >= 4 is 17.3 Å². The highest BCUT2D eigenvalue weighted by Gasteiger charge is 2.26. The van der Waals surface area contributed by atoms with E-state index < -0.39 is 0 Å². The van der Waals surface area contributed by atoms with Crippen molar-refractivity contribution in [2.45, 2.75) is 39.7 Å². The first-order chi connectivity index (χ1) is 13.6. The van der Waals surface area contributed by atoms with Gasteiger partial charge in [0.25, 0.3) is 0 Å². The molecule has 0 saturated carbocycles. The molecule has 1 aromatic carbocycles. The minimum atomic E-state index is -0.161. The lowest BCUT2D eigenvalue weighted by atomic mass is 10.2. The SMILES string of the molecule is CCOc1cc(N2CCOCC2)c(OCC)cc1NC(=O)[C@H](C)N1CCCC1. The van der Waals surface area contributed by atoms with Crippen LogP contribution in [0.3, 0.4) is 0 Å². The molecule has 1 atom stereocenters. The summed E-state index contributed by atoms with van der Waals surface area (Å²) in [6.45, 7) is 11.9. The van der Waals surface area contributed by atoms with Gasteiger partial charge in [0.05, 0.1) is 43.8 Å². The van der Waals surface area contributed by atoms with Crippen LogP contribution >= 0.6 is 0 Å². The third kappa shape index (κ3) is 4.89. The van der Waals surface area contributed by atoms with Gasteiger partial charge in [-0.25, -0.2) is 0 Å². The Labute approximate surface area is 167 Å². The number of likely N-dealkylation sites (tertiary alicyclic amines) is 1. The second kappa shape index (κ2) is 9.98. The van der Waals surface area contributed by atoms with Crippen molar-refractivity contribution < 1.29 is 19.0 Å². The molecule has 156 valence electrons. The molecule has 0 aromatic heterocycles. The summed E-state index contributed by atoms with van der Waals surface area (Å²) in [5, 5.41) is 3.07. The maximum absolute atomic E-state index is 12.8. The van der Waals surface area contributed by atoms with Gasteiger partial charge >= 0.3 is 0 Å². The number of rotatable bonds is 8. The van der Waals surface area contributed by atoms with Crippen LogP contribution in [0.1, 0.15) is 33.6 Å². The zero-order valence-electron chi connectivity index (χ0n) is 17.3. The standard InChI is InChI=1S/C21H33N3O4/c1-4-27-19-15-18(24-10-12-26-13-11-24)20(28-5-2)14-17(19)22-21(25)16(3)23-8-6-7-9-23/h14-16H,4-13H2,1-3H3,(H,22,25)/t16-/m0/s1. The molecule has 1 N–H and O–H groups in total. The maximum atomic E-state index is 12.8. The fourth-order valence-electron chi connectivity index (χ4n) is 3.78. The van der Waals surface area contributed by atoms with Gasteiger partial charge in [-0.15, -0.1) is 0 Å². The molecule has 1 aromatic rings. The molecule has 0 bridgehead atoms. The molecule has 2 heterocycles. The number of carbonyl (C=O) groups excluding carboxylic acids is 1. The highest BCUT2D eigenvalue weighted by Crippen LogP contribution is 2.39. The predicted molar refractivity (Wildman–Crippen MR) is 111 cm³/mol. The molecule has 0 radical (unpaired) electrons. The van der Waals surface area contributed by atoms with Crippen LogP contribution in [0.25, 0.3) is 0 Å². The Hall–Kier alpha value is -1.99. The van der Waals surface area contributed by atoms with Crippen LogP contribution in [0, 0.1) is 0 Å². The van der Waals surface area contributed by atoms with Gasteiger partial charge in [-0.05, 0) is 46.7 Å². The normalized spacial score (nSPS) is 18.8. The lowest BCUT2D eigenvalue weighted by Crippen LogP contribution is -2.40. The highest BCUT2D eigenvalue weighted by molar-refractivity contribution is 5.96. The summed E-state index contributed by atoms with van der Waals surface area (Å²) in [7, 11) is 0. The van der Waals surface area contributed by atoms with Gasteiger partial charge in [-0.2, -0.15) is 0 Å². The van der Waals surface area contributed by atoms with Gasteiger partial charge in [0.15, 0.2) is 0 Å². The number of hydrogen-bond donors (Lipinski definition) is 1. The van der Waals surface area contributed by atoms with E-state index in [1.54, 1.807) is 0 Å². The Bertz CT molecular complexity index is 655. The Morgan fingerprint density at radius 1 is 1.07 bits per heavy atom. The van der Waals surface area contributed by atoms with Crippen molar-refractivity contribution in [1.29, 1.82) is 0 Å². The van der Waals surface area contributed by atoms with Crippen LogP contribution in [0.2, 0.25) is 0 Å². The van der Waals surface area contributed by atoms with Crippen molar-refractivity contribution in [2.75, 3.05) is 62.8 Å². The summed E-state index contributed by atoms with van der Waals surface area (Å²) in [4.78, 5) is 17.3. The maximum Gasteiger partial charge on any atom is 0.241 e. The molecule has 7 nitrogen and oxygen atoms in total. The van der Waals surface area contributed by atoms with Gasteiger partial charge < -0.3 is 24.4 Å². The van der Waals surface area contributed by atoms with Gasteiger partial charge in [0.1, 0.15) is 11.5 Å². The fraction of sp³-hybridized carbons (Fsp3) is 0.667. The quantitative estimate of drug-likeness (QED) is 0.735. The van der Waals surface area contributed by atoms with Crippen molar-refractivity contribution in [3.63, 3.8) is 0 Å². The molecule has 0 spiro atoms. The molecule has 2 saturated heterocycles. The lowest BCUT2D eigenvalue weighted by molar-refractivity contribution is -0.120. The summed E-state index contributed by atoms with van der Waals surface area (Å²) >= 11 is 0. The number of nitrogens with zero attached hydrogens (tertiary/aromatic N) is 2.